The van der Waals surface area contributed by atoms with Crippen LogP contribution in [0.15, 0.2) is 48.7 Å². The lowest BCUT2D eigenvalue weighted by molar-refractivity contribution is -0.137. The fourth-order valence-corrected chi connectivity index (χ4v) is 4.48. The maximum absolute atomic E-state index is 12.7. The number of likely N-dealkylation sites (N-methyl/N-ethyl adjacent to an activating group) is 1. The van der Waals surface area contributed by atoms with Crippen molar-refractivity contribution in [2.75, 3.05) is 57.3 Å². The smallest absolute Gasteiger partial charge is 0.260 e. The Morgan fingerprint density at radius 3 is 2.38 bits per heavy atom. The molecule has 0 saturated carbocycles. The van der Waals surface area contributed by atoms with Gasteiger partial charge in [-0.15, -0.1) is 0 Å². The molecule has 34 heavy (non-hydrogen) atoms. The number of aromatic nitrogens is 1. The van der Waals surface area contributed by atoms with Gasteiger partial charge < -0.3 is 24.8 Å². The standard InChI is InChI=1S/C26H35N5O3/c1-2-29-14-16-30(17-15-29)24-9-8-21(18-27-24)19-28-26(33)22-10-12-31(13-11-22)25(32)20-34-23-6-4-3-5-7-23/h3-9,18,22H,2,10-17,19-20H2,1H3,(H,28,33). The maximum Gasteiger partial charge on any atom is 0.260 e. The normalized spacial score (nSPS) is 17.4. The zero-order valence-corrected chi connectivity index (χ0v) is 20.0. The van der Waals surface area contributed by atoms with E-state index in [0.29, 0.717) is 38.2 Å². The molecule has 0 unspecified atom stereocenters. The molecule has 2 aliphatic rings. The van der Waals surface area contributed by atoms with Gasteiger partial charge in [-0.2, -0.15) is 0 Å². The SMILES string of the molecule is CCN1CCN(c2ccc(CNC(=O)C3CCN(C(=O)COc4ccccc4)CC3)cn2)CC1. The van der Waals surface area contributed by atoms with Crippen LogP contribution in [0.1, 0.15) is 25.3 Å². The lowest BCUT2D eigenvalue weighted by Crippen LogP contribution is -2.46. The summed E-state index contributed by atoms with van der Waals surface area (Å²) < 4.78 is 5.56. The van der Waals surface area contributed by atoms with Gasteiger partial charge in [0.1, 0.15) is 11.6 Å². The highest BCUT2D eigenvalue weighted by Gasteiger charge is 2.27. The van der Waals surface area contributed by atoms with E-state index in [1.807, 2.05) is 48.7 Å². The third-order valence-corrected chi connectivity index (χ3v) is 6.74. The molecule has 2 saturated heterocycles. The van der Waals surface area contributed by atoms with Crippen molar-refractivity contribution in [2.45, 2.75) is 26.3 Å². The van der Waals surface area contributed by atoms with Gasteiger partial charge in [-0.25, -0.2) is 4.98 Å². The van der Waals surface area contributed by atoms with Gasteiger partial charge in [0.15, 0.2) is 6.61 Å². The molecule has 2 amide bonds. The first-order valence-electron chi connectivity index (χ1n) is 12.3. The molecule has 2 aliphatic heterocycles. The second-order valence-corrected chi connectivity index (χ2v) is 8.92. The molecule has 0 bridgehead atoms. The fourth-order valence-electron chi connectivity index (χ4n) is 4.48. The molecule has 2 fully saturated rings. The third kappa shape index (κ3) is 6.47. The fraction of sp³-hybridized carbons (Fsp3) is 0.500. The molecular weight excluding hydrogens is 430 g/mol. The van der Waals surface area contributed by atoms with Crippen molar-refractivity contribution < 1.29 is 14.3 Å². The average Bonchev–Trinajstić information content (AvgIpc) is 2.91. The molecule has 8 heteroatoms. The van der Waals surface area contributed by atoms with Crippen LogP contribution in [0, 0.1) is 5.92 Å². The minimum Gasteiger partial charge on any atom is -0.484 e. The quantitative estimate of drug-likeness (QED) is 0.644. The Morgan fingerprint density at radius 2 is 1.74 bits per heavy atom. The molecule has 3 heterocycles. The Balaban J connectivity index is 1.16. The number of hydrogen-bond acceptors (Lipinski definition) is 6. The van der Waals surface area contributed by atoms with Crippen LogP contribution in [-0.4, -0.2) is 79.0 Å². The van der Waals surface area contributed by atoms with Gasteiger partial charge in [-0.05, 0) is 43.1 Å². The van der Waals surface area contributed by atoms with E-state index in [0.717, 1.165) is 44.1 Å². The van der Waals surface area contributed by atoms with Crippen molar-refractivity contribution in [1.29, 1.82) is 0 Å². The molecule has 2 aromatic rings. The van der Waals surface area contributed by atoms with Gasteiger partial charge in [0.2, 0.25) is 5.91 Å². The van der Waals surface area contributed by atoms with Crippen LogP contribution in [0.2, 0.25) is 0 Å². The topological polar surface area (TPSA) is 78.0 Å². The summed E-state index contributed by atoms with van der Waals surface area (Å²) in [6.07, 6.45) is 3.20. The van der Waals surface area contributed by atoms with Crippen molar-refractivity contribution >= 4 is 17.6 Å². The number of ether oxygens (including phenoxy) is 1. The van der Waals surface area contributed by atoms with Crippen molar-refractivity contribution in [3.05, 3.63) is 54.2 Å². The minimum absolute atomic E-state index is 0.0260. The molecule has 0 spiro atoms. The number of benzene rings is 1. The zero-order chi connectivity index (χ0) is 23.8. The van der Waals surface area contributed by atoms with Crippen molar-refractivity contribution in [3.63, 3.8) is 0 Å². The lowest BCUT2D eigenvalue weighted by Gasteiger charge is -2.34. The number of piperazine rings is 1. The van der Waals surface area contributed by atoms with Gasteiger partial charge in [0.05, 0.1) is 0 Å². The molecule has 8 nitrogen and oxygen atoms in total. The number of amides is 2. The summed E-state index contributed by atoms with van der Waals surface area (Å²) in [5, 5.41) is 3.04. The van der Waals surface area contributed by atoms with Crippen LogP contribution in [0.25, 0.3) is 0 Å². The van der Waals surface area contributed by atoms with Crippen LogP contribution in [0.5, 0.6) is 5.75 Å². The first-order chi connectivity index (χ1) is 16.6. The predicted octanol–water partition coefficient (Wildman–Crippen LogP) is 2.16. The van der Waals surface area contributed by atoms with Crippen LogP contribution >= 0.6 is 0 Å². The summed E-state index contributed by atoms with van der Waals surface area (Å²) in [6, 6.07) is 13.4. The van der Waals surface area contributed by atoms with Crippen molar-refractivity contribution in [3.8, 4) is 5.75 Å². The van der Waals surface area contributed by atoms with Gasteiger partial charge in [0, 0.05) is 57.9 Å². The number of carbonyl (C=O) groups is 2. The van der Waals surface area contributed by atoms with Crippen LogP contribution in [0.3, 0.4) is 0 Å². The van der Waals surface area contributed by atoms with Gasteiger partial charge in [-0.1, -0.05) is 31.2 Å². The number of rotatable bonds is 8. The van der Waals surface area contributed by atoms with Gasteiger partial charge >= 0.3 is 0 Å². The van der Waals surface area contributed by atoms with E-state index in [1.165, 1.54) is 0 Å². The van der Waals surface area contributed by atoms with E-state index in [9.17, 15) is 9.59 Å². The van der Waals surface area contributed by atoms with Crippen LogP contribution < -0.4 is 15.0 Å². The molecule has 182 valence electrons. The Bertz CT molecular complexity index is 921. The summed E-state index contributed by atoms with van der Waals surface area (Å²) in [7, 11) is 0. The zero-order valence-electron chi connectivity index (χ0n) is 20.0. The monoisotopic (exact) mass is 465 g/mol. The molecular formula is C26H35N5O3. The van der Waals surface area contributed by atoms with E-state index in [2.05, 4.69) is 27.0 Å². The largest absolute Gasteiger partial charge is 0.484 e. The molecule has 4 rings (SSSR count). The number of hydrogen-bond donors (Lipinski definition) is 1. The highest BCUT2D eigenvalue weighted by molar-refractivity contribution is 5.80. The molecule has 0 aliphatic carbocycles. The Hall–Kier alpha value is -3.13. The number of nitrogens with one attached hydrogen (secondary N) is 1. The van der Waals surface area contributed by atoms with Crippen LogP contribution in [0.4, 0.5) is 5.82 Å². The number of anilines is 1. The minimum atomic E-state index is -0.0683. The Morgan fingerprint density at radius 1 is 1.00 bits per heavy atom. The van der Waals surface area contributed by atoms with E-state index < -0.39 is 0 Å². The molecule has 1 N–H and O–H groups in total. The highest BCUT2D eigenvalue weighted by atomic mass is 16.5. The predicted molar refractivity (Wildman–Crippen MR) is 132 cm³/mol. The maximum atomic E-state index is 12.7. The molecule has 1 aromatic carbocycles. The summed E-state index contributed by atoms with van der Waals surface area (Å²) in [4.78, 5) is 36.2. The summed E-state index contributed by atoms with van der Waals surface area (Å²) in [6.45, 7) is 9.08. The number of nitrogens with zero attached hydrogens (tertiary/aromatic N) is 4. The lowest BCUT2D eigenvalue weighted by atomic mass is 9.96. The molecule has 0 radical (unpaired) electrons. The number of para-hydroxylation sites is 1. The van der Waals surface area contributed by atoms with Gasteiger partial charge in [-0.3, -0.25) is 9.59 Å². The summed E-state index contributed by atoms with van der Waals surface area (Å²) in [5.74, 6) is 1.63. The third-order valence-electron chi connectivity index (χ3n) is 6.74. The Labute approximate surface area is 201 Å². The summed E-state index contributed by atoms with van der Waals surface area (Å²) >= 11 is 0. The van der Waals surface area contributed by atoms with Crippen molar-refractivity contribution in [1.82, 2.24) is 20.1 Å². The number of likely N-dealkylation sites (tertiary alicyclic amines) is 1. The van der Waals surface area contributed by atoms with E-state index in [1.54, 1.807) is 4.90 Å². The first kappa shape index (κ1) is 24.0. The number of piperidine rings is 1. The second-order valence-electron chi connectivity index (χ2n) is 8.92. The number of carbonyl (C=O) groups excluding carboxylic acids is 2. The first-order valence-corrected chi connectivity index (χ1v) is 12.3. The van der Waals surface area contributed by atoms with Crippen molar-refractivity contribution in [2.24, 2.45) is 5.92 Å². The number of pyridine rings is 1. The summed E-state index contributed by atoms with van der Waals surface area (Å²) in [5.41, 5.74) is 0.995. The Kier molecular flexibility index (Phi) is 8.36. The van der Waals surface area contributed by atoms with E-state index >= 15 is 0 Å². The average molecular weight is 466 g/mol. The van der Waals surface area contributed by atoms with Gasteiger partial charge in [0.25, 0.3) is 5.91 Å². The highest BCUT2D eigenvalue weighted by Crippen LogP contribution is 2.19. The van der Waals surface area contributed by atoms with E-state index in [-0.39, 0.29) is 24.3 Å². The molecule has 0 atom stereocenters. The van der Waals surface area contributed by atoms with Crippen LogP contribution in [-0.2, 0) is 16.1 Å². The second kappa shape index (κ2) is 11.8. The molecule has 1 aromatic heterocycles. The van der Waals surface area contributed by atoms with E-state index in [4.69, 9.17) is 4.74 Å².